The van der Waals surface area contributed by atoms with E-state index in [9.17, 15) is 9.90 Å². The highest BCUT2D eigenvalue weighted by molar-refractivity contribution is 7.07. The van der Waals surface area contributed by atoms with Crippen LogP contribution in [0.15, 0.2) is 41.1 Å². The Morgan fingerprint density at radius 1 is 1.30 bits per heavy atom. The van der Waals surface area contributed by atoms with Crippen LogP contribution in [0.4, 0.5) is 0 Å². The zero-order valence-corrected chi connectivity index (χ0v) is 12.1. The van der Waals surface area contributed by atoms with Crippen LogP contribution in [0.25, 0.3) is 0 Å². The van der Waals surface area contributed by atoms with Crippen molar-refractivity contribution >= 4 is 17.2 Å². The first kappa shape index (κ1) is 14.6. The first-order valence-corrected chi connectivity index (χ1v) is 7.30. The van der Waals surface area contributed by atoms with Crippen molar-refractivity contribution in [2.45, 2.75) is 19.0 Å². The number of carbonyl (C=O) groups excluding carboxylic acids is 1. The van der Waals surface area contributed by atoms with E-state index in [1.54, 1.807) is 47.5 Å². The Kier molecular flexibility index (Phi) is 4.76. The molecule has 20 heavy (non-hydrogen) atoms. The molecule has 0 fully saturated rings. The maximum Gasteiger partial charge on any atom is 0.239 e. The number of thiophene rings is 1. The predicted octanol–water partition coefficient (Wildman–Crippen LogP) is 1.98. The first-order valence-electron chi connectivity index (χ1n) is 6.36. The predicted molar refractivity (Wildman–Crippen MR) is 80.6 cm³/mol. The summed E-state index contributed by atoms with van der Waals surface area (Å²) in [6, 6.07) is 8.19. The Bertz CT molecular complexity index is 552. The number of aromatic hydroxyl groups is 1. The molecule has 0 radical (unpaired) electrons. The van der Waals surface area contributed by atoms with Crippen molar-refractivity contribution in [2.75, 3.05) is 7.05 Å². The van der Waals surface area contributed by atoms with E-state index < -0.39 is 6.04 Å². The van der Waals surface area contributed by atoms with Gasteiger partial charge in [0, 0.05) is 13.6 Å². The molecule has 4 nitrogen and oxygen atoms in total. The Morgan fingerprint density at radius 2 is 2.00 bits per heavy atom. The first-order chi connectivity index (χ1) is 9.56. The van der Waals surface area contributed by atoms with Crippen molar-refractivity contribution in [3.63, 3.8) is 0 Å². The summed E-state index contributed by atoms with van der Waals surface area (Å²) in [5.74, 6) is 0.132. The Morgan fingerprint density at radius 3 is 2.60 bits per heavy atom. The fraction of sp³-hybridized carbons (Fsp3) is 0.267. The van der Waals surface area contributed by atoms with Gasteiger partial charge in [-0.3, -0.25) is 4.79 Å². The van der Waals surface area contributed by atoms with Gasteiger partial charge in [0.2, 0.25) is 5.91 Å². The van der Waals surface area contributed by atoms with E-state index in [1.165, 1.54) is 0 Å². The van der Waals surface area contributed by atoms with Crippen LogP contribution in [0.5, 0.6) is 5.75 Å². The van der Waals surface area contributed by atoms with Crippen LogP contribution >= 0.6 is 11.3 Å². The average molecular weight is 290 g/mol. The van der Waals surface area contributed by atoms with Gasteiger partial charge in [0.1, 0.15) is 5.75 Å². The molecular weight excluding hydrogens is 272 g/mol. The molecule has 5 heteroatoms. The second-order valence-electron chi connectivity index (χ2n) is 4.80. The molecule has 0 aliphatic heterocycles. The van der Waals surface area contributed by atoms with Gasteiger partial charge in [0.05, 0.1) is 6.04 Å². The van der Waals surface area contributed by atoms with Gasteiger partial charge in [-0.25, -0.2) is 0 Å². The van der Waals surface area contributed by atoms with E-state index in [4.69, 9.17) is 5.73 Å². The molecule has 1 amide bonds. The van der Waals surface area contributed by atoms with Gasteiger partial charge in [-0.1, -0.05) is 12.1 Å². The quantitative estimate of drug-likeness (QED) is 0.885. The number of nitrogens with zero attached hydrogens (tertiary/aromatic N) is 1. The van der Waals surface area contributed by atoms with Gasteiger partial charge >= 0.3 is 0 Å². The number of amides is 1. The third-order valence-electron chi connectivity index (χ3n) is 3.09. The average Bonchev–Trinajstić information content (AvgIpc) is 2.93. The fourth-order valence-electron chi connectivity index (χ4n) is 1.99. The van der Waals surface area contributed by atoms with E-state index in [0.717, 1.165) is 11.1 Å². The third kappa shape index (κ3) is 3.82. The number of likely N-dealkylation sites (N-methyl/N-ethyl adjacent to an activating group) is 1. The zero-order chi connectivity index (χ0) is 14.5. The maximum absolute atomic E-state index is 12.2. The molecule has 0 spiro atoms. The van der Waals surface area contributed by atoms with Crippen LogP contribution in [-0.2, 0) is 17.8 Å². The summed E-state index contributed by atoms with van der Waals surface area (Å²) < 4.78 is 0. The summed E-state index contributed by atoms with van der Waals surface area (Å²) >= 11 is 1.61. The van der Waals surface area contributed by atoms with Crippen LogP contribution < -0.4 is 5.73 Å². The van der Waals surface area contributed by atoms with Crippen molar-refractivity contribution in [3.05, 3.63) is 52.2 Å². The lowest BCUT2D eigenvalue weighted by molar-refractivity contribution is -0.131. The SMILES string of the molecule is CN(Cc1ccsc1)C(=O)C(N)Cc1ccc(O)cc1. The molecule has 0 aliphatic rings. The van der Waals surface area contributed by atoms with Gasteiger partial charge in [-0.15, -0.1) is 0 Å². The molecule has 3 N–H and O–H groups in total. The smallest absolute Gasteiger partial charge is 0.239 e. The lowest BCUT2D eigenvalue weighted by Crippen LogP contribution is -2.42. The zero-order valence-electron chi connectivity index (χ0n) is 11.3. The van der Waals surface area contributed by atoms with Gasteiger partial charge in [-0.2, -0.15) is 11.3 Å². The Balaban J connectivity index is 1.92. The number of carbonyl (C=O) groups is 1. The molecule has 1 aromatic heterocycles. The largest absolute Gasteiger partial charge is 0.508 e. The number of nitrogens with two attached hydrogens (primary N) is 1. The Labute approximate surface area is 122 Å². The van der Waals surface area contributed by atoms with Crippen molar-refractivity contribution in [1.29, 1.82) is 0 Å². The topological polar surface area (TPSA) is 66.6 Å². The van der Waals surface area contributed by atoms with Crippen LogP contribution in [0.3, 0.4) is 0 Å². The number of rotatable bonds is 5. The lowest BCUT2D eigenvalue weighted by atomic mass is 10.1. The fourth-order valence-corrected chi connectivity index (χ4v) is 2.65. The van der Waals surface area contributed by atoms with Crippen molar-refractivity contribution in [3.8, 4) is 5.75 Å². The summed E-state index contributed by atoms with van der Waals surface area (Å²) in [7, 11) is 1.76. The second-order valence-corrected chi connectivity index (χ2v) is 5.58. The van der Waals surface area contributed by atoms with E-state index in [-0.39, 0.29) is 11.7 Å². The van der Waals surface area contributed by atoms with Gasteiger partial charge in [0.15, 0.2) is 0 Å². The van der Waals surface area contributed by atoms with Gasteiger partial charge < -0.3 is 15.7 Å². The number of benzene rings is 1. The number of hydrogen-bond acceptors (Lipinski definition) is 4. The molecular formula is C15H18N2O2S. The van der Waals surface area contributed by atoms with Crippen LogP contribution in [0, 0.1) is 0 Å². The highest BCUT2D eigenvalue weighted by atomic mass is 32.1. The molecule has 2 rings (SSSR count). The minimum Gasteiger partial charge on any atom is -0.508 e. The minimum absolute atomic E-state index is 0.0794. The molecule has 1 heterocycles. The van der Waals surface area contributed by atoms with E-state index >= 15 is 0 Å². The normalized spacial score (nSPS) is 12.1. The van der Waals surface area contributed by atoms with Crippen LogP contribution in [0.1, 0.15) is 11.1 Å². The number of phenolic OH excluding ortho intramolecular Hbond substituents is 1. The summed E-state index contributed by atoms with van der Waals surface area (Å²) in [5, 5.41) is 13.2. The van der Waals surface area contributed by atoms with Crippen molar-refractivity contribution in [1.82, 2.24) is 4.90 Å². The minimum atomic E-state index is -0.567. The van der Waals surface area contributed by atoms with E-state index in [1.807, 2.05) is 16.8 Å². The number of hydrogen-bond donors (Lipinski definition) is 2. The monoisotopic (exact) mass is 290 g/mol. The van der Waals surface area contributed by atoms with Gasteiger partial charge in [0.25, 0.3) is 0 Å². The second kappa shape index (κ2) is 6.54. The highest BCUT2D eigenvalue weighted by Gasteiger charge is 2.18. The molecule has 0 aliphatic carbocycles. The van der Waals surface area contributed by atoms with Crippen molar-refractivity contribution in [2.24, 2.45) is 5.73 Å². The van der Waals surface area contributed by atoms with E-state index in [2.05, 4.69) is 0 Å². The number of phenols is 1. The molecule has 1 atom stereocenters. The molecule has 0 saturated heterocycles. The van der Waals surface area contributed by atoms with E-state index in [0.29, 0.717) is 13.0 Å². The van der Waals surface area contributed by atoms with Gasteiger partial charge in [-0.05, 0) is 46.5 Å². The van der Waals surface area contributed by atoms with Crippen LogP contribution in [-0.4, -0.2) is 29.0 Å². The summed E-state index contributed by atoms with van der Waals surface area (Å²) in [4.78, 5) is 13.8. The lowest BCUT2D eigenvalue weighted by Gasteiger charge is -2.21. The molecule has 1 aromatic carbocycles. The maximum atomic E-state index is 12.2. The standard InChI is InChI=1S/C15H18N2O2S/c1-17(9-12-6-7-20-10-12)15(19)14(16)8-11-2-4-13(18)5-3-11/h2-7,10,14,18H,8-9,16H2,1H3. The summed E-state index contributed by atoms with van der Waals surface area (Å²) in [6.07, 6.45) is 0.465. The van der Waals surface area contributed by atoms with Crippen molar-refractivity contribution < 1.29 is 9.90 Å². The molecule has 0 bridgehead atoms. The third-order valence-corrected chi connectivity index (χ3v) is 3.82. The molecule has 1 unspecified atom stereocenters. The Hall–Kier alpha value is -1.85. The molecule has 106 valence electrons. The van der Waals surface area contributed by atoms with Crippen LogP contribution in [0.2, 0.25) is 0 Å². The summed E-state index contributed by atoms with van der Waals surface area (Å²) in [5.41, 5.74) is 8.02. The highest BCUT2D eigenvalue weighted by Crippen LogP contribution is 2.13. The molecule has 0 saturated carbocycles. The molecule has 2 aromatic rings. The summed E-state index contributed by atoms with van der Waals surface area (Å²) in [6.45, 7) is 0.575.